The van der Waals surface area contributed by atoms with Crippen LogP contribution in [0.1, 0.15) is 54.4 Å². The van der Waals surface area contributed by atoms with Crippen molar-refractivity contribution in [1.82, 2.24) is 0 Å². The number of rotatable bonds is 2. The molecule has 2 saturated heterocycles. The lowest BCUT2D eigenvalue weighted by atomic mass is 9.79. The topological polar surface area (TPSA) is 21.7 Å². The molecule has 2 aliphatic rings. The molecule has 4 heteroatoms. The van der Waals surface area contributed by atoms with E-state index >= 15 is 0 Å². The van der Waals surface area contributed by atoms with Crippen LogP contribution < -0.4 is 10.4 Å². The summed E-state index contributed by atoms with van der Waals surface area (Å²) in [5, 5.41) is 0. The molecule has 0 saturated carbocycles. The Balaban J connectivity index is 0.00000176. The Bertz CT molecular complexity index is 494. The number of anilines is 1. The van der Waals surface area contributed by atoms with Crippen LogP contribution >= 0.6 is 0 Å². The van der Waals surface area contributed by atoms with Crippen molar-refractivity contribution in [2.24, 2.45) is 0 Å². The standard InChI is InChI=1S/C17H26BNO2.CH4/c1-16(2)17(3,4)21-18(20-16)14-9-8-10-15(13-14)19-11-6-5-7-12-19;/h8-10,13H,5-7,11-12H2,1-4H3;1H4. The van der Waals surface area contributed by atoms with Crippen LogP contribution in [-0.2, 0) is 9.31 Å². The Labute approximate surface area is 136 Å². The first kappa shape index (κ1) is 17.4. The molecular formula is C18H30BNO2. The average molecular weight is 303 g/mol. The fraction of sp³-hybridized carbons (Fsp3) is 0.667. The maximum Gasteiger partial charge on any atom is 0.494 e. The second kappa shape index (κ2) is 6.25. The van der Waals surface area contributed by atoms with Gasteiger partial charge in [-0.25, -0.2) is 0 Å². The summed E-state index contributed by atoms with van der Waals surface area (Å²) in [5.74, 6) is 0. The van der Waals surface area contributed by atoms with Gasteiger partial charge in [-0.1, -0.05) is 19.6 Å². The van der Waals surface area contributed by atoms with Gasteiger partial charge in [0.05, 0.1) is 11.2 Å². The van der Waals surface area contributed by atoms with E-state index in [1.807, 2.05) is 0 Å². The summed E-state index contributed by atoms with van der Waals surface area (Å²) < 4.78 is 12.3. The highest BCUT2D eigenvalue weighted by Gasteiger charge is 2.51. The average Bonchev–Trinajstić information content (AvgIpc) is 2.69. The molecule has 2 fully saturated rings. The third kappa shape index (κ3) is 3.18. The van der Waals surface area contributed by atoms with E-state index in [1.54, 1.807) is 0 Å². The summed E-state index contributed by atoms with van der Waals surface area (Å²) >= 11 is 0. The molecule has 0 N–H and O–H groups in total. The number of piperidine rings is 1. The van der Waals surface area contributed by atoms with Crippen molar-refractivity contribution in [3.63, 3.8) is 0 Å². The Kier molecular flexibility index (Phi) is 4.93. The maximum absolute atomic E-state index is 6.15. The molecule has 0 bridgehead atoms. The summed E-state index contributed by atoms with van der Waals surface area (Å²) in [6.45, 7) is 10.7. The Morgan fingerprint density at radius 2 is 1.55 bits per heavy atom. The summed E-state index contributed by atoms with van der Waals surface area (Å²) in [4.78, 5) is 2.47. The van der Waals surface area contributed by atoms with Crippen LogP contribution in [0.15, 0.2) is 24.3 Å². The van der Waals surface area contributed by atoms with Crippen LogP contribution in [0.4, 0.5) is 5.69 Å². The van der Waals surface area contributed by atoms with Crippen molar-refractivity contribution in [2.75, 3.05) is 18.0 Å². The Morgan fingerprint density at radius 1 is 0.955 bits per heavy atom. The first-order chi connectivity index (χ1) is 9.89. The molecule has 0 amide bonds. The molecule has 2 aliphatic heterocycles. The Hall–Kier alpha value is -0.995. The molecule has 0 aliphatic carbocycles. The maximum atomic E-state index is 6.15. The van der Waals surface area contributed by atoms with Crippen molar-refractivity contribution >= 4 is 18.3 Å². The molecule has 3 nitrogen and oxygen atoms in total. The zero-order valence-corrected chi connectivity index (χ0v) is 13.7. The molecule has 22 heavy (non-hydrogen) atoms. The minimum Gasteiger partial charge on any atom is -0.399 e. The number of benzene rings is 1. The van der Waals surface area contributed by atoms with Gasteiger partial charge in [0.2, 0.25) is 0 Å². The van der Waals surface area contributed by atoms with Gasteiger partial charge in [-0.15, -0.1) is 0 Å². The zero-order valence-electron chi connectivity index (χ0n) is 13.7. The Morgan fingerprint density at radius 3 is 2.14 bits per heavy atom. The van der Waals surface area contributed by atoms with Crippen molar-refractivity contribution in [3.8, 4) is 0 Å². The van der Waals surface area contributed by atoms with Gasteiger partial charge in [0.15, 0.2) is 0 Å². The highest BCUT2D eigenvalue weighted by molar-refractivity contribution is 6.62. The second-order valence-corrected chi connectivity index (χ2v) is 7.23. The zero-order chi connectivity index (χ0) is 15.1. The van der Waals surface area contributed by atoms with Crippen LogP contribution in [0.5, 0.6) is 0 Å². The van der Waals surface area contributed by atoms with Gasteiger partial charge in [0.25, 0.3) is 0 Å². The molecule has 1 aromatic carbocycles. The van der Waals surface area contributed by atoms with E-state index in [2.05, 4.69) is 56.9 Å². The fourth-order valence-corrected chi connectivity index (χ4v) is 3.00. The van der Waals surface area contributed by atoms with E-state index in [-0.39, 0.29) is 25.7 Å². The van der Waals surface area contributed by atoms with Crippen molar-refractivity contribution in [3.05, 3.63) is 24.3 Å². The van der Waals surface area contributed by atoms with Crippen molar-refractivity contribution in [1.29, 1.82) is 0 Å². The fourth-order valence-electron chi connectivity index (χ4n) is 3.00. The van der Waals surface area contributed by atoms with Crippen LogP contribution in [0, 0.1) is 0 Å². The molecule has 2 heterocycles. The third-order valence-electron chi connectivity index (χ3n) is 5.12. The largest absolute Gasteiger partial charge is 0.494 e. The van der Waals surface area contributed by atoms with E-state index in [9.17, 15) is 0 Å². The van der Waals surface area contributed by atoms with Gasteiger partial charge in [0.1, 0.15) is 0 Å². The molecule has 0 aromatic heterocycles. The monoisotopic (exact) mass is 303 g/mol. The molecule has 0 atom stereocenters. The number of hydrogen-bond donors (Lipinski definition) is 0. The molecule has 0 unspecified atom stereocenters. The lowest BCUT2D eigenvalue weighted by molar-refractivity contribution is 0.00578. The molecule has 1 aromatic rings. The second-order valence-electron chi connectivity index (χ2n) is 7.23. The number of nitrogens with zero attached hydrogens (tertiary/aromatic N) is 1. The summed E-state index contributed by atoms with van der Waals surface area (Å²) in [5.41, 5.74) is 1.86. The van der Waals surface area contributed by atoms with Crippen LogP contribution in [0.3, 0.4) is 0 Å². The summed E-state index contributed by atoms with van der Waals surface area (Å²) in [6, 6.07) is 8.65. The predicted molar refractivity (Wildman–Crippen MR) is 95.0 cm³/mol. The minimum absolute atomic E-state index is 0. The highest BCUT2D eigenvalue weighted by Crippen LogP contribution is 2.36. The summed E-state index contributed by atoms with van der Waals surface area (Å²) in [7, 11) is -0.264. The van der Waals surface area contributed by atoms with Gasteiger partial charge >= 0.3 is 7.12 Å². The summed E-state index contributed by atoms with van der Waals surface area (Å²) in [6.07, 6.45) is 3.94. The molecule has 0 spiro atoms. The van der Waals surface area contributed by atoms with Crippen molar-refractivity contribution in [2.45, 2.75) is 65.6 Å². The van der Waals surface area contributed by atoms with Crippen LogP contribution in [0.2, 0.25) is 0 Å². The molecule has 0 radical (unpaired) electrons. The first-order valence-electron chi connectivity index (χ1n) is 8.10. The molecule has 3 rings (SSSR count). The quantitative estimate of drug-likeness (QED) is 0.779. The third-order valence-corrected chi connectivity index (χ3v) is 5.12. The van der Waals surface area contributed by atoms with E-state index in [0.717, 1.165) is 18.6 Å². The van der Waals surface area contributed by atoms with E-state index in [0.29, 0.717) is 0 Å². The highest BCUT2D eigenvalue weighted by atomic mass is 16.7. The smallest absolute Gasteiger partial charge is 0.399 e. The van der Waals surface area contributed by atoms with Gasteiger partial charge in [-0.05, 0) is 64.6 Å². The first-order valence-corrected chi connectivity index (χ1v) is 8.10. The SMILES string of the molecule is C.CC1(C)OB(c2cccc(N3CCCCC3)c2)OC1(C)C. The normalized spacial score (nSPS) is 23.3. The van der Waals surface area contributed by atoms with Crippen molar-refractivity contribution < 1.29 is 9.31 Å². The van der Waals surface area contributed by atoms with E-state index in [1.165, 1.54) is 24.9 Å². The molecule has 122 valence electrons. The van der Waals surface area contributed by atoms with Gasteiger partial charge in [0, 0.05) is 18.8 Å². The lowest BCUT2D eigenvalue weighted by Gasteiger charge is -2.32. The van der Waals surface area contributed by atoms with E-state index in [4.69, 9.17) is 9.31 Å². The van der Waals surface area contributed by atoms with Gasteiger partial charge < -0.3 is 14.2 Å². The molecular weight excluding hydrogens is 273 g/mol. The number of hydrogen-bond acceptors (Lipinski definition) is 3. The predicted octanol–water partition coefficient (Wildman–Crippen LogP) is 3.61. The lowest BCUT2D eigenvalue weighted by Crippen LogP contribution is -2.41. The van der Waals surface area contributed by atoms with Crippen LogP contribution in [0.25, 0.3) is 0 Å². The van der Waals surface area contributed by atoms with Gasteiger partial charge in [-0.2, -0.15) is 0 Å². The van der Waals surface area contributed by atoms with E-state index < -0.39 is 0 Å². The van der Waals surface area contributed by atoms with Gasteiger partial charge in [-0.3, -0.25) is 0 Å². The minimum atomic E-state index is -0.279. The van der Waals surface area contributed by atoms with Crippen LogP contribution in [-0.4, -0.2) is 31.4 Å².